The van der Waals surface area contributed by atoms with Crippen molar-refractivity contribution >= 4 is 10.9 Å². The molecule has 0 fully saturated rings. The molecule has 0 spiro atoms. The smallest absolute Gasteiger partial charge is 0.148 e. The summed E-state index contributed by atoms with van der Waals surface area (Å²) in [6.45, 7) is 2.22. The van der Waals surface area contributed by atoms with Crippen LogP contribution in [-0.2, 0) is 0 Å². The Balaban J connectivity index is 2.56. The van der Waals surface area contributed by atoms with Crippen molar-refractivity contribution in [1.29, 1.82) is 0 Å². The van der Waals surface area contributed by atoms with Crippen LogP contribution in [0.2, 0.25) is 0 Å². The molecule has 1 aromatic carbocycles. The summed E-state index contributed by atoms with van der Waals surface area (Å²) in [5, 5.41) is 0.998. The minimum atomic E-state index is 0.285. The van der Waals surface area contributed by atoms with Gasteiger partial charge in [-0.3, -0.25) is 4.98 Å². The van der Waals surface area contributed by atoms with E-state index < -0.39 is 0 Å². The number of hydrogen-bond acceptors (Lipinski definition) is 2. The third-order valence-electron chi connectivity index (χ3n) is 2.12. The van der Waals surface area contributed by atoms with Gasteiger partial charge in [-0.15, -0.1) is 6.42 Å². The number of nitrogens with zero attached hydrogens (tertiary/aromatic N) is 1. The summed E-state index contributed by atoms with van der Waals surface area (Å²) in [4.78, 5) is 4.41. The fraction of sp³-hybridized carbons (Fsp3) is 0.154. The fourth-order valence-corrected chi connectivity index (χ4v) is 1.51. The number of hydrogen-bond donors (Lipinski definition) is 0. The van der Waals surface area contributed by atoms with Gasteiger partial charge in [-0.05, 0) is 19.1 Å². The van der Waals surface area contributed by atoms with Crippen LogP contribution in [0.1, 0.15) is 5.69 Å². The Morgan fingerprint density at radius 2 is 2.20 bits per heavy atom. The summed E-state index contributed by atoms with van der Waals surface area (Å²) in [5.41, 5.74) is 1.87. The molecule has 0 amide bonds. The average molecular weight is 197 g/mol. The van der Waals surface area contributed by atoms with Crippen LogP contribution >= 0.6 is 0 Å². The lowest BCUT2D eigenvalue weighted by Crippen LogP contribution is -1.96. The van der Waals surface area contributed by atoms with Gasteiger partial charge in [0.2, 0.25) is 0 Å². The predicted molar refractivity (Wildman–Crippen MR) is 60.8 cm³/mol. The highest BCUT2D eigenvalue weighted by Crippen LogP contribution is 2.24. The van der Waals surface area contributed by atoms with Gasteiger partial charge in [0, 0.05) is 17.1 Å². The number of aromatic nitrogens is 1. The molecule has 0 aliphatic rings. The van der Waals surface area contributed by atoms with Crippen molar-refractivity contribution < 1.29 is 4.74 Å². The summed E-state index contributed by atoms with van der Waals surface area (Å²) >= 11 is 0. The van der Waals surface area contributed by atoms with Crippen molar-refractivity contribution in [3.63, 3.8) is 0 Å². The molecule has 15 heavy (non-hydrogen) atoms. The zero-order valence-corrected chi connectivity index (χ0v) is 8.53. The molecule has 0 unspecified atom stereocenters. The van der Waals surface area contributed by atoms with Gasteiger partial charge < -0.3 is 4.74 Å². The van der Waals surface area contributed by atoms with Crippen LogP contribution in [0.5, 0.6) is 5.75 Å². The number of rotatable bonds is 2. The number of pyridine rings is 1. The van der Waals surface area contributed by atoms with Gasteiger partial charge in [0.05, 0.1) is 5.52 Å². The molecule has 0 saturated carbocycles. The number of fused-ring (bicyclic) bond motifs is 1. The van der Waals surface area contributed by atoms with E-state index >= 15 is 0 Å². The third-order valence-corrected chi connectivity index (χ3v) is 2.12. The van der Waals surface area contributed by atoms with Gasteiger partial charge >= 0.3 is 0 Å². The van der Waals surface area contributed by atoms with Crippen LogP contribution in [0, 0.1) is 19.3 Å². The highest BCUT2D eigenvalue weighted by Gasteiger charge is 2.03. The molecule has 1 heterocycles. The zero-order chi connectivity index (χ0) is 10.7. The van der Waals surface area contributed by atoms with Crippen molar-refractivity contribution in [3.05, 3.63) is 36.0 Å². The molecule has 0 saturated heterocycles. The second kappa shape index (κ2) is 4.02. The lowest BCUT2D eigenvalue weighted by Gasteiger charge is -2.07. The molecule has 0 aliphatic heterocycles. The number of para-hydroxylation sites is 1. The minimum Gasteiger partial charge on any atom is -0.480 e. The van der Waals surface area contributed by atoms with Gasteiger partial charge in [-0.2, -0.15) is 0 Å². The Morgan fingerprint density at radius 1 is 1.40 bits per heavy atom. The molecule has 0 radical (unpaired) electrons. The van der Waals surface area contributed by atoms with Crippen LogP contribution in [0.15, 0.2) is 30.3 Å². The van der Waals surface area contributed by atoms with E-state index in [9.17, 15) is 0 Å². The Morgan fingerprint density at radius 3 is 3.00 bits per heavy atom. The van der Waals surface area contributed by atoms with Gasteiger partial charge in [-0.1, -0.05) is 18.1 Å². The Kier molecular flexibility index (Phi) is 2.55. The molecule has 74 valence electrons. The largest absolute Gasteiger partial charge is 0.480 e. The van der Waals surface area contributed by atoms with E-state index in [-0.39, 0.29) is 6.61 Å². The van der Waals surface area contributed by atoms with E-state index in [0.717, 1.165) is 22.3 Å². The first-order chi connectivity index (χ1) is 7.31. The molecule has 0 bridgehead atoms. The maximum absolute atomic E-state index is 5.47. The molecule has 2 nitrogen and oxygen atoms in total. The van der Waals surface area contributed by atoms with E-state index in [0.29, 0.717) is 0 Å². The Hall–Kier alpha value is -2.01. The average Bonchev–Trinajstić information content (AvgIpc) is 2.25. The second-order valence-electron chi connectivity index (χ2n) is 3.27. The highest BCUT2D eigenvalue weighted by atomic mass is 16.5. The first-order valence-corrected chi connectivity index (χ1v) is 4.74. The van der Waals surface area contributed by atoms with Crippen molar-refractivity contribution in [1.82, 2.24) is 4.98 Å². The molecule has 0 aliphatic carbocycles. The van der Waals surface area contributed by atoms with Crippen molar-refractivity contribution in [3.8, 4) is 18.1 Å². The lowest BCUT2D eigenvalue weighted by atomic mass is 10.2. The van der Waals surface area contributed by atoms with E-state index in [2.05, 4.69) is 10.9 Å². The number of ether oxygens (including phenoxy) is 1. The summed E-state index contributed by atoms with van der Waals surface area (Å²) in [6.07, 6.45) is 5.17. The topological polar surface area (TPSA) is 22.1 Å². The van der Waals surface area contributed by atoms with Gasteiger partial charge in [-0.25, -0.2) is 0 Å². The zero-order valence-electron chi connectivity index (χ0n) is 8.53. The van der Waals surface area contributed by atoms with E-state index in [1.54, 1.807) is 0 Å². The maximum atomic E-state index is 5.47. The monoisotopic (exact) mass is 197 g/mol. The van der Waals surface area contributed by atoms with Gasteiger partial charge in [0.1, 0.15) is 12.4 Å². The second-order valence-corrected chi connectivity index (χ2v) is 3.27. The molecule has 1 aromatic heterocycles. The van der Waals surface area contributed by atoms with E-state index in [4.69, 9.17) is 11.2 Å². The first-order valence-electron chi connectivity index (χ1n) is 4.74. The quantitative estimate of drug-likeness (QED) is 0.690. The molecular formula is C13H11NO. The molecule has 2 heteroatoms. The normalized spacial score (nSPS) is 9.87. The predicted octanol–water partition coefficient (Wildman–Crippen LogP) is 2.56. The fourth-order valence-electron chi connectivity index (χ4n) is 1.51. The van der Waals surface area contributed by atoms with Crippen molar-refractivity contribution in [2.75, 3.05) is 6.61 Å². The number of benzene rings is 1. The number of aryl methyl sites for hydroxylation is 1. The van der Waals surface area contributed by atoms with E-state index in [1.807, 2.05) is 37.3 Å². The number of terminal acetylenes is 1. The maximum Gasteiger partial charge on any atom is 0.148 e. The summed E-state index contributed by atoms with van der Waals surface area (Å²) in [7, 11) is 0. The lowest BCUT2D eigenvalue weighted by molar-refractivity contribution is 0.374. The van der Waals surface area contributed by atoms with Crippen molar-refractivity contribution in [2.45, 2.75) is 6.92 Å². The van der Waals surface area contributed by atoms with Gasteiger partial charge in [0.25, 0.3) is 0 Å². The third kappa shape index (κ3) is 1.92. The summed E-state index contributed by atoms with van der Waals surface area (Å²) in [6, 6.07) is 9.76. The van der Waals surface area contributed by atoms with Crippen LogP contribution in [0.3, 0.4) is 0 Å². The molecule has 2 aromatic rings. The SMILES string of the molecule is C#CCOc1cc(C)nc2ccccc12. The molecule has 0 atom stereocenters. The Bertz CT molecular complexity index is 526. The summed E-state index contributed by atoms with van der Waals surface area (Å²) < 4.78 is 5.47. The van der Waals surface area contributed by atoms with E-state index in [1.165, 1.54) is 0 Å². The molecular weight excluding hydrogens is 186 g/mol. The standard InChI is InChI=1S/C13H11NO/c1-3-8-15-13-9-10(2)14-12-7-5-4-6-11(12)13/h1,4-7,9H,8H2,2H3. The summed E-state index contributed by atoms with van der Waals surface area (Å²) in [5.74, 6) is 3.26. The first kappa shape index (κ1) is 9.54. The van der Waals surface area contributed by atoms with Crippen LogP contribution in [-0.4, -0.2) is 11.6 Å². The Labute approximate surface area is 88.9 Å². The highest BCUT2D eigenvalue weighted by molar-refractivity contribution is 5.85. The van der Waals surface area contributed by atoms with Crippen LogP contribution < -0.4 is 4.74 Å². The van der Waals surface area contributed by atoms with Gasteiger partial charge in [0.15, 0.2) is 0 Å². The van der Waals surface area contributed by atoms with Crippen LogP contribution in [0.4, 0.5) is 0 Å². The molecule has 0 N–H and O–H groups in total. The van der Waals surface area contributed by atoms with Crippen molar-refractivity contribution in [2.24, 2.45) is 0 Å². The van der Waals surface area contributed by atoms with Crippen LogP contribution in [0.25, 0.3) is 10.9 Å². The minimum absolute atomic E-state index is 0.285. The molecule has 2 rings (SSSR count).